The molecule has 68 valence electrons. The van der Waals surface area contributed by atoms with E-state index in [0.29, 0.717) is 19.6 Å². The minimum atomic E-state index is 0. The number of nitrogens with one attached hydrogen (secondary N) is 1. The van der Waals surface area contributed by atoms with Crippen molar-refractivity contribution < 1.29 is 11.0 Å². The number of hydrogen-bond acceptors (Lipinski definition) is 2. The van der Waals surface area contributed by atoms with E-state index in [1.165, 1.54) is 0 Å². The van der Waals surface area contributed by atoms with E-state index in [1.54, 1.807) is 0 Å². The molecule has 0 rings (SSSR count). The van der Waals surface area contributed by atoms with Gasteiger partial charge in [-0.3, -0.25) is 4.79 Å². The molecule has 3 heteroatoms. The van der Waals surface area contributed by atoms with Crippen molar-refractivity contribution in [1.82, 2.24) is 5.32 Å². The van der Waals surface area contributed by atoms with Crippen LogP contribution in [0.15, 0.2) is 0 Å². The molecule has 1 amide bonds. The van der Waals surface area contributed by atoms with E-state index in [-0.39, 0.29) is 7.33 Å². The van der Waals surface area contributed by atoms with Crippen LogP contribution in [0.4, 0.5) is 0 Å². The normalized spacial score (nSPS) is 9.64. The highest BCUT2D eigenvalue weighted by Crippen LogP contribution is 1.79. The van der Waals surface area contributed by atoms with Crippen molar-refractivity contribution in [3.63, 3.8) is 0 Å². The molecule has 0 radical (unpaired) electrons. The number of carbonyl (C=O) groups is 1. The van der Waals surface area contributed by atoms with Crippen LogP contribution in [-0.2, 0) is 9.53 Å². The summed E-state index contributed by atoms with van der Waals surface area (Å²) in [4.78, 5) is 10.7. The molecular formula is C8H19NO2. The Morgan fingerprint density at radius 3 is 2.73 bits per heavy atom. The van der Waals surface area contributed by atoms with Gasteiger partial charge in [0.05, 0.1) is 6.61 Å². The van der Waals surface area contributed by atoms with Gasteiger partial charge in [-0.2, -0.15) is 0 Å². The van der Waals surface area contributed by atoms with Crippen LogP contribution in [0.2, 0.25) is 0 Å². The maximum absolute atomic E-state index is 10.7. The molecule has 3 nitrogen and oxygen atoms in total. The maximum atomic E-state index is 10.7. The molecular weight excluding hydrogens is 142 g/mol. The molecule has 0 saturated carbocycles. The van der Waals surface area contributed by atoms with Gasteiger partial charge in [0, 0.05) is 21.0 Å². The second-order valence-corrected chi connectivity index (χ2v) is 2.32. The Balaban J connectivity index is 0. The summed E-state index contributed by atoms with van der Waals surface area (Å²) in [5, 5.41) is 2.73. The fourth-order valence-corrected chi connectivity index (χ4v) is 0.634. The zero-order chi connectivity index (χ0) is 8.53. The van der Waals surface area contributed by atoms with Crippen LogP contribution in [0.3, 0.4) is 0 Å². The number of carbonyl (C=O) groups excluding carboxylic acids is 1. The van der Waals surface area contributed by atoms with Gasteiger partial charge < -0.3 is 10.1 Å². The molecule has 0 saturated heterocycles. The molecule has 0 bridgehead atoms. The molecule has 0 aromatic rings. The Bertz CT molecular complexity index is 109. The zero-order valence-electron chi connectivity index (χ0n) is 7.35. The van der Waals surface area contributed by atoms with Gasteiger partial charge in [0.2, 0.25) is 5.91 Å². The number of ether oxygens (including phenoxy) is 1. The molecule has 0 aromatic carbocycles. The molecule has 11 heavy (non-hydrogen) atoms. The highest BCUT2D eigenvalue weighted by atomic mass is 16.5. The largest absolute Gasteiger partial charge is 0.380 e. The van der Waals surface area contributed by atoms with Crippen molar-refractivity contribution >= 4 is 5.91 Å². The minimum absolute atomic E-state index is 0. The Labute approximate surface area is 69.6 Å². The maximum Gasteiger partial charge on any atom is 0.219 e. The van der Waals surface area contributed by atoms with E-state index in [4.69, 9.17) is 4.74 Å². The lowest BCUT2D eigenvalue weighted by Crippen LogP contribution is -2.26. The van der Waals surface area contributed by atoms with Crippen molar-refractivity contribution in [3.05, 3.63) is 0 Å². The summed E-state index contributed by atoms with van der Waals surface area (Å²) in [5.74, 6) is 0.0881. The number of hydrogen-bond donors (Lipinski definition) is 1. The first-order valence-electron chi connectivity index (χ1n) is 4.15. The van der Waals surface area contributed by atoms with Crippen molar-refractivity contribution in [2.75, 3.05) is 19.8 Å². The van der Waals surface area contributed by atoms with E-state index in [9.17, 15) is 4.79 Å². The third kappa shape index (κ3) is 7.33. The van der Waals surface area contributed by atoms with E-state index in [1.807, 2.05) is 6.92 Å². The monoisotopic (exact) mass is 161 g/mol. The summed E-state index contributed by atoms with van der Waals surface area (Å²) in [6, 6.07) is 0. The first-order valence-corrected chi connectivity index (χ1v) is 4.15. The summed E-state index contributed by atoms with van der Waals surface area (Å²) in [6.45, 7) is 5.93. The second-order valence-electron chi connectivity index (χ2n) is 2.32. The van der Waals surface area contributed by atoms with Crippen molar-refractivity contribution in [2.24, 2.45) is 0 Å². The quantitative estimate of drug-likeness (QED) is 0.594. The van der Waals surface area contributed by atoms with E-state index in [2.05, 4.69) is 12.2 Å². The molecule has 0 aromatic heterocycles. The molecule has 0 spiro atoms. The fourth-order valence-electron chi connectivity index (χ4n) is 0.634. The number of amides is 1. The lowest BCUT2D eigenvalue weighted by Gasteiger charge is -2.03. The molecule has 0 atom stereocenters. The molecule has 0 aliphatic carbocycles. The van der Waals surface area contributed by atoms with Crippen LogP contribution >= 0.6 is 0 Å². The SMILES string of the molecule is CCCOCCNC(=O)CC.[HH]. The first kappa shape index (κ1) is 10.4. The highest BCUT2D eigenvalue weighted by Gasteiger charge is 1.93. The van der Waals surface area contributed by atoms with Gasteiger partial charge in [-0.1, -0.05) is 13.8 Å². The van der Waals surface area contributed by atoms with Crippen LogP contribution < -0.4 is 5.32 Å². The minimum Gasteiger partial charge on any atom is -0.380 e. The van der Waals surface area contributed by atoms with Gasteiger partial charge in [0.15, 0.2) is 0 Å². The lowest BCUT2D eigenvalue weighted by molar-refractivity contribution is -0.121. The van der Waals surface area contributed by atoms with E-state index in [0.717, 1.165) is 13.0 Å². The summed E-state index contributed by atoms with van der Waals surface area (Å²) >= 11 is 0. The van der Waals surface area contributed by atoms with Crippen molar-refractivity contribution in [2.45, 2.75) is 26.7 Å². The van der Waals surface area contributed by atoms with Crippen molar-refractivity contribution in [3.8, 4) is 0 Å². The van der Waals surface area contributed by atoms with Crippen molar-refractivity contribution in [1.29, 1.82) is 0 Å². The van der Waals surface area contributed by atoms with Gasteiger partial charge in [-0.25, -0.2) is 0 Å². The molecule has 0 aliphatic rings. The van der Waals surface area contributed by atoms with Gasteiger partial charge in [-0.05, 0) is 6.42 Å². The molecule has 0 heterocycles. The Morgan fingerprint density at radius 1 is 1.45 bits per heavy atom. The molecule has 1 N–H and O–H groups in total. The van der Waals surface area contributed by atoms with Gasteiger partial charge in [-0.15, -0.1) is 0 Å². The zero-order valence-corrected chi connectivity index (χ0v) is 7.35. The summed E-state index contributed by atoms with van der Waals surface area (Å²) < 4.78 is 5.16. The molecule has 0 aliphatic heterocycles. The average Bonchev–Trinajstić information content (AvgIpc) is 2.04. The Morgan fingerprint density at radius 2 is 2.18 bits per heavy atom. The van der Waals surface area contributed by atoms with Crippen LogP contribution in [0.25, 0.3) is 0 Å². The topological polar surface area (TPSA) is 38.3 Å². The Hall–Kier alpha value is -0.570. The van der Waals surface area contributed by atoms with E-state index < -0.39 is 0 Å². The average molecular weight is 161 g/mol. The van der Waals surface area contributed by atoms with Crippen LogP contribution in [0, 0.1) is 0 Å². The first-order chi connectivity index (χ1) is 5.31. The summed E-state index contributed by atoms with van der Waals surface area (Å²) in [5.41, 5.74) is 0. The number of rotatable bonds is 6. The Kier molecular flexibility index (Phi) is 7.15. The predicted molar refractivity (Wildman–Crippen MR) is 46.5 cm³/mol. The second kappa shape index (κ2) is 7.54. The highest BCUT2D eigenvalue weighted by molar-refractivity contribution is 5.75. The smallest absolute Gasteiger partial charge is 0.219 e. The predicted octanol–water partition coefficient (Wildman–Crippen LogP) is 1.19. The molecule has 0 unspecified atom stereocenters. The fraction of sp³-hybridized carbons (Fsp3) is 0.875. The third-order valence-corrected chi connectivity index (χ3v) is 1.24. The van der Waals surface area contributed by atoms with Crippen LogP contribution in [0.5, 0.6) is 0 Å². The van der Waals surface area contributed by atoms with Gasteiger partial charge in [0.1, 0.15) is 0 Å². The van der Waals surface area contributed by atoms with Crippen LogP contribution in [-0.4, -0.2) is 25.7 Å². The summed E-state index contributed by atoms with van der Waals surface area (Å²) in [6.07, 6.45) is 1.58. The van der Waals surface area contributed by atoms with Gasteiger partial charge >= 0.3 is 0 Å². The third-order valence-electron chi connectivity index (χ3n) is 1.24. The lowest BCUT2D eigenvalue weighted by atomic mass is 10.4. The van der Waals surface area contributed by atoms with Gasteiger partial charge in [0.25, 0.3) is 0 Å². The van der Waals surface area contributed by atoms with E-state index >= 15 is 0 Å². The van der Waals surface area contributed by atoms with Crippen LogP contribution in [0.1, 0.15) is 28.1 Å². The standard InChI is InChI=1S/C8H17NO2.H2/c1-3-6-11-7-5-9-8(10)4-2;/h3-7H2,1-2H3,(H,9,10);1H. The molecule has 0 fully saturated rings. The summed E-state index contributed by atoms with van der Waals surface area (Å²) in [7, 11) is 0.